The molecule has 11 nitrogen and oxygen atoms in total. The molecule has 3 aromatic carbocycles. The number of benzene rings is 3. The second-order valence-corrected chi connectivity index (χ2v) is 13.4. The van der Waals surface area contributed by atoms with Gasteiger partial charge in [-0.3, -0.25) is 19.3 Å². The number of halogens is 1. The molecule has 264 valence electrons. The van der Waals surface area contributed by atoms with Crippen LogP contribution in [0.5, 0.6) is 11.5 Å². The Bertz CT molecular complexity index is 1780. The Morgan fingerprint density at radius 2 is 1.78 bits per heavy atom. The lowest BCUT2D eigenvalue weighted by Crippen LogP contribution is -2.46. The average molecular weight is 686 g/mol. The highest BCUT2D eigenvalue weighted by molar-refractivity contribution is 6.01. The highest BCUT2D eigenvalue weighted by Gasteiger charge is 2.37. The van der Waals surface area contributed by atoms with Crippen LogP contribution in [0, 0.1) is 12.4 Å². The summed E-state index contributed by atoms with van der Waals surface area (Å²) in [5.74, 6) is -0.965. The van der Waals surface area contributed by atoms with Gasteiger partial charge in [-0.15, -0.1) is 0 Å². The Kier molecular flexibility index (Phi) is 11.3. The second-order valence-electron chi connectivity index (χ2n) is 13.4. The maximum atomic E-state index is 15.3. The molecule has 1 fully saturated rings. The molecule has 2 aliphatic rings. The van der Waals surface area contributed by atoms with Gasteiger partial charge in [0.2, 0.25) is 11.6 Å². The smallest absolute Gasteiger partial charge is 0.306 e. The van der Waals surface area contributed by atoms with Crippen LogP contribution in [0.2, 0.25) is 0 Å². The number of carbonyl (C=O) groups excluding carboxylic acids is 3. The highest BCUT2D eigenvalue weighted by Crippen LogP contribution is 2.35. The summed E-state index contributed by atoms with van der Waals surface area (Å²) in [7, 11) is 0. The number of primary amides is 1. The number of esters is 1. The number of fused-ring (bicyclic) bond motifs is 1. The molecule has 1 saturated heterocycles. The van der Waals surface area contributed by atoms with Crippen LogP contribution in [0.15, 0.2) is 54.6 Å². The molecule has 1 atom stereocenters. The molecule has 50 heavy (non-hydrogen) atoms. The van der Waals surface area contributed by atoms with E-state index < -0.39 is 23.5 Å². The van der Waals surface area contributed by atoms with Crippen LogP contribution in [0.4, 0.5) is 15.8 Å². The van der Waals surface area contributed by atoms with Crippen LogP contribution in [0.1, 0.15) is 67.6 Å². The predicted molar refractivity (Wildman–Crippen MR) is 186 cm³/mol. The summed E-state index contributed by atoms with van der Waals surface area (Å²) in [4.78, 5) is 47.4. The van der Waals surface area contributed by atoms with Crippen LogP contribution < -0.4 is 20.1 Å². The molecule has 0 aromatic heterocycles. The zero-order valence-corrected chi connectivity index (χ0v) is 29.0. The van der Waals surface area contributed by atoms with Crippen LogP contribution in [0.25, 0.3) is 4.85 Å². The third-order valence-electron chi connectivity index (χ3n) is 8.71. The maximum Gasteiger partial charge on any atom is 0.306 e. The van der Waals surface area contributed by atoms with Crippen LogP contribution in [-0.4, -0.2) is 72.0 Å². The minimum atomic E-state index is -1.01. The quantitative estimate of drug-likeness (QED) is 0.182. The first-order valence-electron chi connectivity index (χ1n) is 16.8. The minimum absolute atomic E-state index is 0.0285. The van der Waals surface area contributed by atoms with Gasteiger partial charge in [-0.2, -0.15) is 0 Å². The fraction of sp³-hybridized carbons (Fsp3) is 0.421. The monoisotopic (exact) mass is 685 g/mol. The van der Waals surface area contributed by atoms with Gasteiger partial charge in [0.15, 0.2) is 0 Å². The molecule has 0 saturated carbocycles. The molecule has 0 radical (unpaired) electrons. The van der Waals surface area contributed by atoms with E-state index in [-0.39, 0.29) is 37.7 Å². The molecule has 2 amide bonds. The summed E-state index contributed by atoms with van der Waals surface area (Å²) < 4.78 is 32.3. The summed E-state index contributed by atoms with van der Waals surface area (Å²) in [6.07, 6.45) is -0.0460. The van der Waals surface area contributed by atoms with Crippen molar-refractivity contribution < 1.29 is 33.0 Å². The predicted octanol–water partition coefficient (Wildman–Crippen LogP) is 5.61. The molecule has 2 aliphatic heterocycles. The number of amides is 2. The number of ether oxygens (including phenoxy) is 3. The van der Waals surface area contributed by atoms with Crippen molar-refractivity contribution in [3.8, 4) is 11.5 Å². The third kappa shape index (κ3) is 8.71. The minimum Gasteiger partial charge on any atom is -0.505 e. The first-order chi connectivity index (χ1) is 23.9. The topological polar surface area (TPSA) is 119 Å². The number of hydrogen-bond donors (Lipinski definition) is 1. The standard InChI is InChI=1S/C38H44FN5O6/c1-6-48-34-21-27(12-13-31(34)41-5)43-18-16-42(17-19-43)22-25-10-11-26(30(39)20-25)24-49-33-9-7-8-28-29(33)23-44(37(28)47)32(36(40)46)14-15-35(45)50-38(2,3)4/h7-13,20-21,32H,6,14-19,22-24H2,1-4H3,(H2,40,46)/t32-/m0/s1. The Labute approximate surface area is 292 Å². The summed E-state index contributed by atoms with van der Waals surface area (Å²) in [6, 6.07) is 14.8. The zero-order chi connectivity index (χ0) is 36.0. The molecule has 2 N–H and O–H groups in total. The Balaban J connectivity index is 1.16. The van der Waals surface area contributed by atoms with Gasteiger partial charge in [0.05, 0.1) is 19.7 Å². The van der Waals surface area contributed by atoms with Crippen molar-refractivity contribution in [2.24, 2.45) is 5.73 Å². The average Bonchev–Trinajstić information content (AvgIpc) is 3.40. The summed E-state index contributed by atoms with van der Waals surface area (Å²) in [5, 5.41) is 0. The molecule has 0 aliphatic carbocycles. The Morgan fingerprint density at radius 1 is 1.02 bits per heavy atom. The van der Waals surface area contributed by atoms with E-state index in [9.17, 15) is 14.4 Å². The first-order valence-corrected chi connectivity index (χ1v) is 16.8. The molecule has 0 bridgehead atoms. The number of hydrogen-bond acceptors (Lipinski definition) is 8. The van der Waals surface area contributed by atoms with E-state index >= 15 is 4.39 Å². The number of nitrogens with zero attached hydrogens (tertiary/aromatic N) is 4. The van der Waals surface area contributed by atoms with Crippen LogP contribution >= 0.6 is 0 Å². The van der Waals surface area contributed by atoms with Gasteiger partial charge in [0, 0.05) is 61.5 Å². The van der Waals surface area contributed by atoms with Gasteiger partial charge in [0.1, 0.15) is 35.6 Å². The number of anilines is 1. The lowest BCUT2D eigenvalue weighted by molar-refractivity contribution is -0.155. The largest absolute Gasteiger partial charge is 0.505 e. The van der Waals surface area contributed by atoms with Gasteiger partial charge in [0.25, 0.3) is 5.91 Å². The van der Waals surface area contributed by atoms with Gasteiger partial charge >= 0.3 is 5.97 Å². The van der Waals surface area contributed by atoms with Gasteiger partial charge in [-0.25, -0.2) is 9.24 Å². The maximum absolute atomic E-state index is 15.3. The Hall–Kier alpha value is -5.15. The summed E-state index contributed by atoms with van der Waals surface area (Å²) in [6.45, 7) is 18.8. The van der Waals surface area contributed by atoms with Crippen molar-refractivity contribution in [3.63, 3.8) is 0 Å². The van der Waals surface area contributed by atoms with Crippen LogP contribution in [-0.2, 0) is 34.0 Å². The van der Waals surface area contributed by atoms with Crippen molar-refractivity contribution in [1.82, 2.24) is 9.80 Å². The molecule has 0 spiro atoms. The fourth-order valence-electron chi connectivity index (χ4n) is 6.26. The van der Waals surface area contributed by atoms with E-state index in [2.05, 4.69) is 14.6 Å². The van der Waals surface area contributed by atoms with E-state index in [1.54, 1.807) is 51.1 Å². The number of nitrogens with two attached hydrogens (primary N) is 1. The van der Waals surface area contributed by atoms with E-state index in [1.807, 2.05) is 25.1 Å². The first kappa shape index (κ1) is 36.1. The number of piperazine rings is 1. The normalized spacial score (nSPS) is 15.3. The van der Waals surface area contributed by atoms with E-state index in [0.717, 1.165) is 37.4 Å². The van der Waals surface area contributed by atoms with Crippen molar-refractivity contribution in [2.75, 3.05) is 37.7 Å². The Morgan fingerprint density at radius 3 is 2.44 bits per heavy atom. The third-order valence-corrected chi connectivity index (χ3v) is 8.71. The molecule has 3 aromatic rings. The summed E-state index contributed by atoms with van der Waals surface area (Å²) in [5.41, 5.74) is 8.68. The zero-order valence-electron chi connectivity index (χ0n) is 29.0. The van der Waals surface area contributed by atoms with Crippen molar-refractivity contribution in [3.05, 3.63) is 94.1 Å². The van der Waals surface area contributed by atoms with E-state index in [1.165, 1.54) is 11.0 Å². The van der Waals surface area contributed by atoms with Gasteiger partial charge in [-0.1, -0.05) is 24.3 Å². The van der Waals surface area contributed by atoms with E-state index in [4.69, 9.17) is 26.5 Å². The SMILES string of the molecule is [C-]#[N+]c1ccc(N2CCN(Cc3ccc(COc4cccc5c4CN([C@@H](CCC(=O)OC(C)(C)C)C(N)=O)C5=O)c(F)c3)CC2)cc1OCC. The molecule has 5 rings (SSSR count). The van der Waals surface area contributed by atoms with E-state index in [0.29, 0.717) is 47.0 Å². The highest BCUT2D eigenvalue weighted by atomic mass is 19.1. The molecule has 2 heterocycles. The van der Waals surface area contributed by atoms with Crippen molar-refractivity contribution in [2.45, 2.75) is 71.9 Å². The lowest BCUT2D eigenvalue weighted by atomic mass is 10.1. The van der Waals surface area contributed by atoms with Gasteiger partial charge < -0.3 is 29.7 Å². The molecule has 12 heteroatoms. The second kappa shape index (κ2) is 15.6. The lowest BCUT2D eigenvalue weighted by Gasteiger charge is -2.36. The summed E-state index contributed by atoms with van der Waals surface area (Å²) >= 11 is 0. The molecular formula is C38H44FN5O6. The fourth-order valence-corrected chi connectivity index (χ4v) is 6.26. The number of rotatable bonds is 13. The van der Waals surface area contributed by atoms with Crippen molar-refractivity contribution in [1.29, 1.82) is 0 Å². The molecule has 0 unspecified atom stereocenters. The van der Waals surface area contributed by atoms with Crippen molar-refractivity contribution >= 4 is 29.2 Å². The number of carbonyl (C=O) groups is 3. The molecular weight excluding hydrogens is 641 g/mol. The van der Waals surface area contributed by atoms with Gasteiger partial charge in [-0.05, 0) is 70.0 Å². The van der Waals surface area contributed by atoms with Crippen LogP contribution in [0.3, 0.4) is 0 Å².